The van der Waals surface area contributed by atoms with Crippen LogP contribution in [0.5, 0.6) is 0 Å². The molecule has 1 saturated heterocycles. The van der Waals surface area contributed by atoms with E-state index in [1.807, 2.05) is 18.4 Å². The third-order valence-electron chi connectivity index (χ3n) is 4.23. The van der Waals surface area contributed by atoms with Crippen LogP contribution < -0.4 is 5.32 Å². The van der Waals surface area contributed by atoms with Crippen molar-refractivity contribution in [1.29, 1.82) is 0 Å². The Morgan fingerprint density at radius 2 is 2.21 bits per heavy atom. The van der Waals surface area contributed by atoms with Crippen molar-refractivity contribution in [3.8, 4) is 0 Å². The molecule has 0 aliphatic carbocycles. The fourth-order valence-electron chi connectivity index (χ4n) is 3.24. The van der Waals surface area contributed by atoms with E-state index in [9.17, 15) is 0 Å². The van der Waals surface area contributed by atoms with Crippen molar-refractivity contribution in [2.45, 2.75) is 58.5 Å². The highest BCUT2D eigenvalue weighted by Crippen LogP contribution is 2.32. The van der Waals surface area contributed by atoms with E-state index in [4.69, 9.17) is 4.98 Å². The van der Waals surface area contributed by atoms with Gasteiger partial charge in [0, 0.05) is 10.9 Å². The predicted molar refractivity (Wildman–Crippen MR) is 82.9 cm³/mol. The Morgan fingerprint density at radius 3 is 2.84 bits per heavy atom. The summed E-state index contributed by atoms with van der Waals surface area (Å²) in [6.45, 7) is 9.00. The first-order valence-electron chi connectivity index (χ1n) is 7.47. The zero-order valence-electron chi connectivity index (χ0n) is 12.7. The molecule has 0 amide bonds. The number of nitrogens with zero attached hydrogens (tertiary/aromatic N) is 2. The average Bonchev–Trinajstić information content (AvgIpc) is 2.75. The normalized spacial score (nSPS) is 22.6. The topological polar surface area (TPSA) is 28.2 Å². The van der Waals surface area contributed by atoms with E-state index >= 15 is 0 Å². The molecule has 1 aromatic heterocycles. The van der Waals surface area contributed by atoms with E-state index in [-0.39, 0.29) is 0 Å². The number of aryl methyl sites for hydroxylation is 2. The van der Waals surface area contributed by atoms with Gasteiger partial charge in [-0.3, -0.25) is 4.90 Å². The lowest BCUT2D eigenvalue weighted by Crippen LogP contribution is -2.42. The summed E-state index contributed by atoms with van der Waals surface area (Å²) in [5, 5.41) is 4.49. The Hall–Kier alpha value is -0.450. The standard InChI is InChI=1S/C15H27N3S/c1-11(15-12(2)19-13(3)17-15)18-10-6-5-7-14(18)8-9-16-4/h11,14,16H,5-10H2,1-4H3. The monoisotopic (exact) mass is 281 g/mol. The number of aromatic nitrogens is 1. The third kappa shape index (κ3) is 3.56. The summed E-state index contributed by atoms with van der Waals surface area (Å²) in [5.41, 5.74) is 1.30. The van der Waals surface area contributed by atoms with Crippen LogP contribution in [-0.4, -0.2) is 36.1 Å². The molecule has 3 nitrogen and oxygen atoms in total. The number of nitrogens with one attached hydrogen (secondary N) is 1. The lowest BCUT2D eigenvalue weighted by molar-refractivity contribution is 0.0951. The van der Waals surface area contributed by atoms with E-state index in [0.717, 1.165) is 12.6 Å². The molecule has 108 valence electrons. The van der Waals surface area contributed by atoms with Gasteiger partial charge in [0.15, 0.2) is 0 Å². The molecule has 0 radical (unpaired) electrons. The minimum atomic E-state index is 0.465. The molecule has 1 fully saturated rings. The first kappa shape index (κ1) is 14.9. The van der Waals surface area contributed by atoms with E-state index in [1.165, 1.54) is 47.8 Å². The highest BCUT2D eigenvalue weighted by molar-refractivity contribution is 7.11. The minimum absolute atomic E-state index is 0.465. The highest BCUT2D eigenvalue weighted by Gasteiger charge is 2.28. The summed E-state index contributed by atoms with van der Waals surface area (Å²) < 4.78 is 0. The number of rotatable bonds is 5. The van der Waals surface area contributed by atoms with E-state index in [2.05, 4.69) is 31.0 Å². The van der Waals surface area contributed by atoms with Gasteiger partial charge in [-0.15, -0.1) is 11.3 Å². The zero-order chi connectivity index (χ0) is 13.8. The number of piperidine rings is 1. The average molecular weight is 281 g/mol. The molecule has 0 aromatic carbocycles. The van der Waals surface area contributed by atoms with Crippen LogP contribution in [0.15, 0.2) is 0 Å². The third-order valence-corrected chi connectivity index (χ3v) is 5.13. The molecule has 0 bridgehead atoms. The Morgan fingerprint density at radius 1 is 1.42 bits per heavy atom. The predicted octanol–water partition coefficient (Wildman–Crippen LogP) is 3.28. The first-order chi connectivity index (χ1) is 9.13. The molecule has 0 saturated carbocycles. The maximum Gasteiger partial charge on any atom is 0.0900 e. The summed E-state index contributed by atoms with van der Waals surface area (Å²) >= 11 is 1.83. The van der Waals surface area contributed by atoms with Crippen LogP contribution in [0.2, 0.25) is 0 Å². The van der Waals surface area contributed by atoms with Gasteiger partial charge in [-0.05, 0) is 60.2 Å². The SMILES string of the molecule is CNCCC1CCCCN1C(C)c1nc(C)sc1C. The van der Waals surface area contributed by atoms with Gasteiger partial charge in [-0.25, -0.2) is 4.98 Å². The van der Waals surface area contributed by atoms with Crippen molar-refractivity contribution in [2.24, 2.45) is 0 Å². The van der Waals surface area contributed by atoms with Crippen molar-refractivity contribution in [3.05, 3.63) is 15.6 Å². The minimum Gasteiger partial charge on any atom is -0.320 e. The van der Waals surface area contributed by atoms with E-state index in [1.54, 1.807) is 0 Å². The lowest BCUT2D eigenvalue weighted by atomic mass is 9.96. The largest absolute Gasteiger partial charge is 0.320 e. The molecule has 0 spiro atoms. The number of thiazole rings is 1. The summed E-state index contributed by atoms with van der Waals surface area (Å²) in [6, 6.07) is 1.18. The van der Waals surface area contributed by atoms with E-state index < -0.39 is 0 Å². The van der Waals surface area contributed by atoms with E-state index in [0.29, 0.717) is 6.04 Å². The van der Waals surface area contributed by atoms with Gasteiger partial charge in [-0.2, -0.15) is 0 Å². The van der Waals surface area contributed by atoms with Gasteiger partial charge < -0.3 is 5.32 Å². The molecule has 1 aromatic rings. The molecule has 1 N–H and O–H groups in total. The Balaban J connectivity index is 2.10. The Kier molecular flexibility index (Phi) is 5.37. The lowest BCUT2D eigenvalue weighted by Gasteiger charge is -2.39. The number of hydrogen-bond acceptors (Lipinski definition) is 4. The Labute approximate surface area is 121 Å². The highest BCUT2D eigenvalue weighted by atomic mass is 32.1. The van der Waals surface area contributed by atoms with Gasteiger partial charge in [0.25, 0.3) is 0 Å². The van der Waals surface area contributed by atoms with Crippen LogP contribution >= 0.6 is 11.3 Å². The number of likely N-dealkylation sites (tertiary alicyclic amines) is 1. The van der Waals surface area contributed by atoms with Crippen LogP contribution in [-0.2, 0) is 0 Å². The fraction of sp³-hybridized carbons (Fsp3) is 0.800. The fourth-order valence-corrected chi connectivity index (χ4v) is 4.15. The molecule has 1 aliphatic rings. The quantitative estimate of drug-likeness (QED) is 0.897. The smallest absolute Gasteiger partial charge is 0.0900 e. The van der Waals surface area contributed by atoms with Crippen molar-refractivity contribution in [1.82, 2.24) is 15.2 Å². The van der Waals surface area contributed by atoms with Crippen LogP contribution in [0.4, 0.5) is 0 Å². The number of hydrogen-bond donors (Lipinski definition) is 1. The van der Waals surface area contributed by atoms with Crippen molar-refractivity contribution < 1.29 is 0 Å². The van der Waals surface area contributed by atoms with Gasteiger partial charge >= 0.3 is 0 Å². The van der Waals surface area contributed by atoms with Crippen molar-refractivity contribution in [2.75, 3.05) is 20.1 Å². The van der Waals surface area contributed by atoms with Crippen LogP contribution in [0, 0.1) is 13.8 Å². The summed E-state index contributed by atoms with van der Waals surface area (Å²) in [4.78, 5) is 8.84. The second-order valence-corrected chi connectivity index (χ2v) is 7.04. The molecule has 19 heavy (non-hydrogen) atoms. The van der Waals surface area contributed by atoms with Gasteiger partial charge in [0.1, 0.15) is 0 Å². The van der Waals surface area contributed by atoms with Gasteiger partial charge in [0.2, 0.25) is 0 Å². The molecular weight excluding hydrogens is 254 g/mol. The van der Waals surface area contributed by atoms with Crippen LogP contribution in [0.1, 0.15) is 54.2 Å². The van der Waals surface area contributed by atoms with Crippen molar-refractivity contribution >= 4 is 11.3 Å². The van der Waals surface area contributed by atoms with Crippen molar-refractivity contribution in [3.63, 3.8) is 0 Å². The van der Waals surface area contributed by atoms with Gasteiger partial charge in [0.05, 0.1) is 16.7 Å². The molecule has 2 atom stereocenters. The molecule has 4 heteroatoms. The van der Waals surface area contributed by atoms with Crippen LogP contribution in [0.25, 0.3) is 0 Å². The molecule has 2 heterocycles. The van der Waals surface area contributed by atoms with Gasteiger partial charge in [-0.1, -0.05) is 6.42 Å². The molecule has 2 unspecified atom stereocenters. The first-order valence-corrected chi connectivity index (χ1v) is 8.29. The summed E-state index contributed by atoms with van der Waals surface area (Å²) in [7, 11) is 2.05. The molecule has 1 aliphatic heterocycles. The maximum absolute atomic E-state index is 4.76. The van der Waals surface area contributed by atoms with Crippen LogP contribution in [0.3, 0.4) is 0 Å². The maximum atomic E-state index is 4.76. The zero-order valence-corrected chi connectivity index (χ0v) is 13.5. The molecule has 2 rings (SSSR count). The summed E-state index contributed by atoms with van der Waals surface area (Å²) in [5.74, 6) is 0. The summed E-state index contributed by atoms with van der Waals surface area (Å²) in [6.07, 6.45) is 5.31. The second kappa shape index (κ2) is 6.82. The Bertz CT molecular complexity index is 402. The molecular formula is C15H27N3S. The second-order valence-electron chi connectivity index (χ2n) is 5.63.